The lowest BCUT2D eigenvalue weighted by atomic mass is 10.2. The topological polar surface area (TPSA) is 45.2 Å². The van der Waals surface area contributed by atoms with Gasteiger partial charge >= 0.3 is 6.03 Å². The number of hydrogen-bond acceptors (Lipinski definition) is 2. The summed E-state index contributed by atoms with van der Waals surface area (Å²) in [5, 5.41) is 3.51. The van der Waals surface area contributed by atoms with Crippen molar-refractivity contribution in [1.82, 2.24) is 15.2 Å². The van der Waals surface area contributed by atoms with Gasteiger partial charge in [-0.25, -0.2) is 4.79 Å². The van der Waals surface area contributed by atoms with Crippen LogP contribution in [-0.2, 0) is 13.1 Å². The van der Waals surface area contributed by atoms with Crippen molar-refractivity contribution < 1.29 is 4.79 Å². The third-order valence-electron chi connectivity index (χ3n) is 2.88. The number of carbonyl (C=O) groups is 1. The predicted molar refractivity (Wildman–Crippen MR) is 79.4 cm³/mol. The molecule has 0 unspecified atom stereocenters. The summed E-state index contributed by atoms with van der Waals surface area (Å²) in [6.45, 7) is 0.929. The molecule has 1 aromatic carbocycles. The maximum atomic E-state index is 12.0. The molecule has 2 aromatic rings. The van der Waals surface area contributed by atoms with E-state index < -0.39 is 0 Å². The van der Waals surface area contributed by atoms with Crippen LogP contribution < -0.4 is 5.32 Å². The number of carbonyl (C=O) groups excluding carboxylic acids is 1. The lowest BCUT2D eigenvalue weighted by Gasteiger charge is -2.18. The van der Waals surface area contributed by atoms with Gasteiger partial charge in [-0.15, -0.1) is 0 Å². The van der Waals surface area contributed by atoms with E-state index in [1.54, 1.807) is 24.3 Å². The Morgan fingerprint density at radius 3 is 2.80 bits per heavy atom. The van der Waals surface area contributed by atoms with Crippen molar-refractivity contribution in [3.05, 3.63) is 64.9 Å². The summed E-state index contributed by atoms with van der Waals surface area (Å²) in [5.74, 6) is 0. The van der Waals surface area contributed by atoms with E-state index in [4.69, 9.17) is 11.6 Å². The molecule has 1 N–H and O–H groups in total. The van der Waals surface area contributed by atoms with E-state index in [2.05, 4.69) is 10.3 Å². The van der Waals surface area contributed by atoms with E-state index in [1.165, 1.54) is 0 Å². The third-order valence-corrected chi connectivity index (χ3v) is 3.25. The van der Waals surface area contributed by atoms with Gasteiger partial charge in [0.15, 0.2) is 0 Å². The molecule has 2 rings (SSSR count). The highest BCUT2D eigenvalue weighted by Gasteiger charge is 2.10. The van der Waals surface area contributed by atoms with Gasteiger partial charge in [-0.1, -0.05) is 35.9 Å². The summed E-state index contributed by atoms with van der Waals surface area (Å²) >= 11 is 6.08. The highest BCUT2D eigenvalue weighted by Crippen LogP contribution is 2.16. The van der Waals surface area contributed by atoms with Gasteiger partial charge in [0.25, 0.3) is 0 Å². The number of benzene rings is 1. The molecule has 0 atom stereocenters. The molecule has 0 saturated carbocycles. The summed E-state index contributed by atoms with van der Waals surface area (Å²) in [5.41, 5.74) is 1.89. The second-order valence-corrected chi connectivity index (χ2v) is 4.87. The van der Waals surface area contributed by atoms with E-state index in [-0.39, 0.29) is 6.03 Å². The quantitative estimate of drug-likeness (QED) is 0.940. The molecule has 4 nitrogen and oxygen atoms in total. The van der Waals surface area contributed by atoms with Crippen molar-refractivity contribution in [3.63, 3.8) is 0 Å². The Labute approximate surface area is 123 Å². The van der Waals surface area contributed by atoms with E-state index in [1.807, 2.05) is 36.4 Å². The van der Waals surface area contributed by atoms with Gasteiger partial charge in [0, 0.05) is 37.6 Å². The third kappa shape index (κ3) is 3.96. The Balaban J connectivity index is 1.88. The summed E-state index contributed by atoms with van der Waals surface area (Å²) in [7, 11) is 1.74. The van der Waals surface area contributed by atoms with Crippen molar-refractivity contribution in [2.75, 3.05) is 7.05 Å². The second-order valence-electron chi connectivity index (χ2n) is 4.47. The number of nitrogens with one attached hydrogen (secondary N) is 1. The lowest BCUT2D eigenvalue weighted by Crippen LogP contribution is -2.36. The largest absolute Gasteiger partial charge is 0.334 e. The minimum absolute atomic E-state index is 0.145. The van der Waals surface area contributed by atoms with Crippen LogP contribution in [0.4, 0.5) is 4.79 Å². The lowest BCUT2D eigenvalue weighted by molar-refractivity contribution is 0.206. The van der Waals surface area contributed by atoms with Crippen molar-refractivity contribution in [2.45, 2.75) is 13.1 Å². The molecule has 1 aromatic heterocycles. The van der Waals surface area contributed by atoms with E-state index in [0.29, 0.717) is 18.1 Å². The summed E-state index contributed by atoms with van der Waals surface area (Å²) in [6, 6.07) is 11.1. The summed E-state index contributed by atoms with van der Waals surface area (Å²) in [4.78, 5) is 17.6. The Hall–Kier alpha value is -2.07. The first-order valence-electron chi connectivity index (χ1n) is 6.28. The number of halogens is 1. The molecule has 0 spiro atoms. The fraction of sp³-hybridized carbons (Fsp3) is 0.200. The fourth-order valence-electron chi connectivity index (χ4n) is 1.77. The van der Waals surface area contributed by atoms with Gasteiger partial charge in [-0.2, -0.15) is 0 Å². The van der Waals surface area contributed by atoms with Gasteiger partial charge in [0.05, 0.1) is 0 Å². The fourth-order valence-corrected chi connectivity index (χ4v) is 1.96. The summed E-state index contributed by atoms with van der Waals surface area (Å²) in [6.07, 6.45) is 3.43. The number of aromatic nitrogens is 1. The zero-order chi connectivity index (χ0) is 14.4. The SMILES string of the molecule is CN(Cc1ccccc1Cl)C(=O)NCc1cccnc1. The second kappa shape index (κ2) is 6.91. The predicted octanol–water partition coefficient (Wildman–Crippen LogP) is 3.08. The molecule has 0 aliphatic rings. The van der Waals surface area contributed by atoms with Crippen LogP contribution >= 0.6 is 11.6 Å². The van der Waals surface area contributed by atoms with Crippen LogP contribution in [0.2, 0.25) is 5.02 Å². The van der Waals surface area contributed by atoms with Gasteiger partial charge in [-0.05, 0) is 23.3 Å². The number of nitrogens with zero attached hydrogens (tertiary/aromatic N) is 2. The normalized spacial score (nSPS) is 10.1. The number of hydrogen-bond donors (Lipinski definition) is 1. The Bertz CT molecular complexity index is 574. The van der Waals surface area contributed by atoms with Crippen LogP contribution in [0.3, 0.4) is 0 Å². The number of urea groups is 1. The zero-order valence-electron chi connectivity index (χ0n) is 11.2. The molecule has 0 fully saturated rings. The average Bonchev–Trinajstić information content (AvgIpc) is 2.48. The summed E-state index contributed by atoms with van der Waals surface area (Å²) < 4.78 is 0. The number of amides is 2. The van der Waals surface area contributed by atoms with Crippen molar-refractivity contribution in [3.8, 4) is 0 Å². The Morgan fingerprint density at radius 1 is 1.30 bits per heavy atom. The van der Waals surface area contributed by atoms with Crippen LogP contribution in [0.25, 0.3) is 0 Å². The molecule has 1 heterocycles. The minimum Gasteiger partial charge on any atom is -0.334 e. The van der Waals surface area contributed by atoms with Crippen LogP contribution in [0, 0.1) is 0 Å². The Morgan fingerprint density at radius 2 is 2.10 bits per heavy atom. The first kappa shape index (κ1) is 14.3. The van der Waals surface area contributed by atoms with Crippen LogP contribution in [0.1, 0.15) is 11.1 Å². The molecular formula is C15H16ClN3O. The average molecular weight is 290 g/mol. The molecule has 0 bridgehead atoms. The smallest absolute Gasteiger partial charge is 0.317 e. The molecule has 2 amide bonds. The van der Waals surface area contributed by atoms with Crippen molar-refractivity contribution in [1.29, 1.82) is 0 Å². The van der Waals surface area contributed by atoms with Gasteiger partial charge < -0.3 is 10.2 Å². The maximum Gasteiger partial charge on any atom is 0.317 e. The molecule has 0 saturated heterocycles. The molecule has 0 aliphatic carbocycles. The van der Waals surface area contributed by atoms with E-state index in [0.717, 1.165) is 11.1 Å². The monoisotopic (exact) mass is 289 g/mol. The van der Waals surface area contributed by atoms with Crippen molar-refractivity contribution in [2.24, 2.45) is 0 Å². The maximum absolute atomic E-state index is 12.0. The standard InChI is InChI=1S/C15H16ClN3O/c1-19(11-13-6-2-3-7-14(13)16)15(20)18-10-12-5-4-8-17-9-12/h2-9H,10-11H2,1H3,(H,18,20). The van der Waals surface area contributed by atoms with Gasteiger partial charge in [-0.3, -0.25) is 4.98 Å². The molecule has 5 heteroatoms. The van der Waals surface area contributed by atoms with Gasteiger partial charge in [0.1, 0.15) is 0 Å². The zero-order valence-corrected chi connectivity index (χ0v) is 12.0. The van der Waals surface area contributed by atoms with Crippen LogP contribution in [0.5, 0.6) is 0 Å². The van der Waals surface area contributed by atoms with E-state index >= 15 is 0 Å². The van der Waals surface area contributed by atoms with E-state index in [9.17, 15) is 4.79 Å². The van der Waals surface area contributed by atoms with Crippen LogP contribution in [-0.4, -0.2) is 23.0 Å². The van der Waals surface area contributed by atoms with Crippen molar-refractivity contribution >= 4 is 17.6 Å². The minimum atomic E-state index is -0.145. The molecule has 0 radical (unpaired) electrons. The van der Waals surface area contributed by atoms with Gasteiger partial charge in [0.2, 0.25) is 0 Å². The first-order chi connectivity index (χ1) is 9.66. The highest BCUT2D eigenvalue weighted by molar-refractivity contribution is 6.31. The number of rotatable bonds is 4. The molecule has 0 aliphatic heterocycles. The first-order valence-corrected chi connectivity index (χ1v) is 6.66. The number of pyridine rings is 1. The Kier molecular flexibility index (Phi) is 4.96. The van der Waals surface area contributed by atoms with Crippen LogP contribution in [0.15, 0.2) is 48.8 Å². The molecule has 104 valence electrons. The highest BCUT2D eigenvalue weighted by atomic mass is 35.5. The molecule has 20 heavy (non-hydrogen) atoms. The molecular weight excluding hydrogens is 274 g/mol.